The number of hydrogen-bond donors (Lipinski definition) is 3. The standard InChI is InChI=1S/C13H11NO4/c15-7-8-3-1-2-4-10(8)9-5-11(13(17)18)12(16)14-6-9/h1-6,15H,7H2,(H,14,16)(H,17,18). The number of carboxylic acid groups (broad SMARTS) is 1. The Kier molecular flexibility index (Phi) is 3.25. The largest absolute Gasteiger partial charge is 0.477 e. The fourth-order valence-electron chi connectivity index (χ4n) is 1.74. The summed E-state index contributed by atoms with van der Waals surface area (Å²) in [6, 6.07) is 8.35. The Morgan fingerprint density at radius 3 is 2.67 bits per heavy atom. The van der Waals surface area contributed by atoms with Crippen molar-refractivity contribution < 1.29 is 15.0 Å². The van der Waals surface area contributed by atoms with E-state index in [1.807, 2.05) is 0 Å². The van der Waals surface area contributed by atoms with Gasteiger partial charge in [0.05, 0.1) is 6.61 Å². The van der Waals surface area contributed by atoms with Gasteiger partial charge >= 0.3 is 5.97 Å². The summed E-state index contributed by atoms with van der Waals surface area (Å²) in [5.41, 5.74) is 0.948. The van der Waals surface area contributed by atoms with Crippen LogP contribution in [0.1, 0.15) is 15.9 Å². The zero-order valence-corrected chi connectivity index (χ0v) is 9.38. The molecule has 0 saturated carbocycles. The van der Waals surface area contributed by atoms with Crippen molar-refractivity contribution in [3.63, 3.8) is 0 Å². The number of aromatic nitrogens is 1. The Morgan fingerprint density at radius 1 is 1.28 bits per heavy atom. The maximum absolute atomic E-state index is 11.3. The van der Waals surface area contributed by atoms with Gasteiger partial charge in [-0.2, -0.15) is 0 Å². The molecule has 1 aromatic heterocycles. The van der Waals surface area contributed by atoms with Crippen molar-refractivity contribution in [2.75, 3.05) is 0 Å². The molecule has 0 aliphatic rings. The molecular weight excluding hydrogens is 234 g/mol. The molecule has 1 heterocycles. The van der Waals surface area contributed by atoms with Crippen molar-refractivity contribution in [3.8, 4) is 11.1 Å². The molecule has 0 spiro atoms. The van der Waals surface area contributed by atoms with Gasteiger partial charge in [0.1, 0.15) is 5.56 Å². The molecule has 5 nitrogen and oxygen atoms in total. The summed E-state index contributed by atoms with van der Waals surface area (Å²) in [7, 11) is 0. The van der Waals surface area contributed by atoms with Crippen LogP contribution in [0.25, 0.3) is 11.1 Å². The molecule has 1 aromatic carbocycles. The Labute approximate surface area is 102 Å². The average Bonchev–Trinajstić information content (AvgIpc) is 2.39. The number of aromatic carboxylic acids is 1. The van der Waals surface area contributed by atoms with Crippen LogP contribution in [-0.2, 0) is 6.61 Å². The first-order valence-corrected chi connectivity index (χ1v) is 5.28. The number of hydrogen-bond acceptors (Lipinski definition) is 3. The Morgan fingerprint density at radius 2 is 2.00 bits per heavy atom. The van der Waals surface area contributed by atoms with Crippen LogP contribution in [0.5, 0.6) is 0 Å². The fourth-order valence-corrected chi connectivity index (χ4v) is 1.74. The molecule has 0 bridgehead atoms. The normalized spacial score (nSPS) is 10.3. The fraction of sp³-hybridized carbons (Fsp3) is 0.0769. The van der Waals surface area contributed by atoms with E-state index in [4.69, 9.17) is 5.11 Å². The number of benzene rings is 1. The van der Waals surface area contributed by atoms with Crippen LogP contribution in [0.15, 0.2) is 41.3 Å². The number of aliphatic hydroxyl groups is 1. The molecule has 0 saturated heterocycles. The van der Waals surface area contributed by atoms with E-state index in [2.05, 4.69) is 4.98 Å². The molecule has 0 aliphatic heterocycles. The van der Waals surface area contributed by atoms with Gasteiger partial charge in [0.25, 0.3) is 5.56 Å². The predicted octanol–water partition coefficient (Wildman–Crippen LogP) is 1.23. The quantitative estimate of drug-likeness (QED) is 0.758. The second-order valence-corrected chi connectivity index (χ2v) is 3.75. The minimum Gasteiger partial charge on any atom is -0.477 e. The second kappa shape index (κ2) is 4.85. The van der Waals surface area contributed by atoms with E-state index in [0.29, 0.717) is 16.7 Å². The molecule has 2 rings (SSSR count). The van der Waals surface area contributed by atoms with Crippen molar-refractivity contribution >= 4 is 5.97 Å². The number of nitrogens with one attached hydrogen (secondary N) is 1. The third-order valence-corrected chi connectivity index (χ3v) is 2.63. The SMILES string of the molecule is O=C(O)c1cc(-c2ccccc2CO)c[nH]c1=O. The number of rotatable bonds is 3. The summed E-state index contributed by atoms with van der Waals surface area (Å²) in [6.07, 6.45) is 1.43. The van der Waals surface area contributed by atoms with E-state index in [0.717, 1.165) is 0 Å². The molecule has 18 heavy (non-hydrogen) atoms. The highest BCUT2D eigenvalue weighted by Crippen LogP contribution is 2.22. The molecule has 0 aliphatic carbocycles. The van der Waals surface area contributed by atoms with Crippen LogP contribution in [-0.4, -0.2) is 21.2 Å². The molecule has 0 atom stereocenters. The van der Waals surface area contributed by atoms with E-state index < -0.39 is 11.5 Å². The molecule has 2 aromatic rings. The lowest BCUT2D eigenvalue weighted by molar-refractivity contribution is 0.0695. The number of carbonyl (C=O) groups is 1. The van der Waals surface area contributed by atoms with Gasteiger partial charge in [0.2, 0.25) is 0 Å². The highest BCUT2D eigenvalue weighted by atomic mass is 16.4. The van der Waals surface area contributed by atoms with Crippen LogP contribution in [0.4, 0.5) is 0 Å². The zero-order chi connectivity index (χ0) is 13.1. The lowest BCUT2D eigenvalue weighted by Crippen LogP contribution is -2.16. The first kappa shape index (κ1) is 12.1. The first-order chi connectivity index (χ1) is 8.63. The molecule has 5 heteroatoms. The zero-order valence-electron chi connectivity index (χ0n) is 9.38. The third-order valence-electron chi connectivity index (χ3n) is 2.63. The lowest BCUT2D eigenvalue weighted by Gasteiger charge is -2.07. The van der Waals surface area contributed by atoms with Crippen molar-refractivity contribution in [2.45, 2.75) is 6.61 Å². The maximum Gasteiger partial charge on any atom is 0.341 e. The van der Waals surface area contributed by atoms with Crippen LogP contribution in [0.2, 0.25) is 0 Å². The molecule has 0 unspecified atom stereocenters. The monoisotopic (exact) mass is 245 g/mol. The Bertz CT molecular complexity index is 645. The number of H-pyrrole nitrogens is 1. The maximum atomic E-state index is 11.3. The Balaban J connectivity index is 2.61. The number of pyridine rings is 1. The topological polar surface area (TPSA) is 90.4 Å². The van der Waals surface area contributed by atoms with E-state index in [1.54, 1.807) is 24.3 Å². The summed E-state index contributed by atoms with van der Waals surface area (Å²) < 4.78 is 0. The molecule has 0 radical (unpaired) electrons. The number of aromatic amines is 1. The van der Waals surface area contributed by atoms with Gasteiger partial charge < -0.3 is 15.2 Å². The van der Waals surface area contributed by atoms with E-state index in [-0.39, 0.29) is 12.2 Å². The summed E-state index contributed by atoms with van der Waals surface area (Å²) in [5, 5.41) is 18.1. The lowest BCUT2D eigenvalue weighted by atomic mass is 10.0. The molecule has 3 N–H and O–H groups in total. The minimum absolute atomic E-state index is 0.155. The van der Waals surface area contributed by atoms with Crippen LogP contribution < -0.4 is 5.56 Å². The molecule has 0 fully saturated rings. The second-order valence-electron chi connectivity index (χ2n) is 3.75. The van der Waals surface area contributed by atoms with Crippen molar-refractivity contribution in [2.24, 2.45) is 0 Å². The molecule has 92 valence electrons. The van der Waals surface area contributed by atoms with Gasteiger partial charge in [-0.3, -0.25) is 4.79 Å². The van der Waals surface area contributed by atoms with Crippen LogP contribution in [0, 0.1) is 0 Å². The predicted molar refractivity (Wildman–Crippen MR) is 65.4 cm³/mol. The van der Waals surface area contributed by atoms with Gasteiger partial charge in [-0.05, 0) is 22.8 Å². The molecule has 0 amide bonds. The smallest absolute Gasteiger partial charge is 0.341 e. The van der Waals surface area contributed by atoms with E-state index in [1.165, 1.54) is 12.3 Å². The summed E-state index contributed by atoms with van der Waals surface area (Å²) in [6.45, 7) is -0.155. The highest BCUT2D eigenvalue weighted by molar-refractivity contribution is 5.88. The van der Waals surface area contributed by atoms with Crippen molar-refractivity contribution in [3.05, 3.63) is 58.0 Å². The van der Waals surface area contributed by atoms with Gasteiger partial charge in [0, 0.05) is 6.20 Å². The van der Waals surface area contributed by atoms with E-state index >= 15 is 0 Å². The minimum atomic E-state index is -1.28. The summed E-state index contributed by atoms with van der Waals surface area (Å²) in [5.74, 6) is -1.28. The summed E-state index contributed by atoms with van der Waals surface area (Å²) in [4.78, 5) is 24.6. The third kappa shape index (κ3) is 2.16. The number of aliphatic hydroxyl groups excluding tert-OH is 1. The summed E-state index contributed by atoms with van der Waals surface area (Å²) >= 11 is 0. The van der Waals surface area contributed by atoms with Gasteiger partial charge in [-0.15, -0.1) is 0 Å². The first-order valence-electron chi connectivity index (χ1n) is 5.28. The molecular formula is C13H11NO4. The van der Waals surface area contributed by atoms with Gasteiger partial charge in [0.15, 0.2) is 0 Å². The van der Waals surface area contributed by atoms with Crippen LogP contribution >= 0.6 is 0 Å². The van der Waals surface area contributed by atoms with Crippen molar-refractivity contribution in [1.29, 1.82) is 0 Å². The number of carboxylic acids is 1. The van der Waals surface area contributed by atoms with Crippen molar-refractivity contribution in [1.82, 2.24) is 4.98 Å². The average molecular weight is 245 g/mol. The highest BCUT2D eigenvalue weighted by Gasteiger charge is 2.11. The van der Waals surface area contributed by atoms with Crippen LogP contribution in [0.3, 0.4) is 0 Å². The van der Waals surface area contributed by atoms with Gasteiger partial charge in [-0.25, -0.2) is 4.79 Å². The van der Waals surface area contributed by atoms with E-state index in [9.17, 15) is 14.7 Å². The van der Waals surface area contributed by atoms with Gasteiger partial charge in [-0.1, -0.05) is 24.3 Å². The Hall–Kier alpha value is -2.40.